The summed E-state index contributed by atoms with van der Waals surface area (Å²) in [5.74, 6) is 2.36. The minimum absolute atomic E-state index is 0.146. The van der Waals surface area contributed by atoms with E-state index >= 15 is 0 Å². The first kappa shape index (κ1) is 19.3. The number of benzene rings is 3. The first-order chi connectivity index (χ1) is 14.7. The standard InChI is InChI=1S/C24H23NO4S/c26-11-4-9-25-10-12-28-23-17(15-25)13-16(14-19(23)27)18-5-3-8-22-24(18)29-20-6-1-2-7-21(20)30-22/h1-3,5-8,13-14,26-27H,4,9-12,15H2. The number of nitrogens with zero attached hydrogens (tertiary/aromatic N) is 1. The fourth-order valence-electron chi connectivity index (χ4n) is 3.97. The number of aliphatic hydroxyl groups is 1. The van der Waals surface area contributed by atoms with E-state index < -0.39 is 0 Å². The van der Waals surface area contributed by atoms with Gasteiger partial charge in [0, 0.05) is 37.4 Å². The predicted molar refractivity (Wildman–Crippen MR) is 117 cm³/mol. The van der Waals surface area contributed by atoms with Gasteiger partial charge in [0.05, 0.1) is 9.79 Å². The van der Waals surface area contributed by atoms with Crippen LogP contribution in [0, 0.1) is 0 Å². The summed E-state index contributed by atoms with van der Waals surface area (Å²) in [4.78, 5) is 4.40. The molecule has 0 radical (unpaired) electrons. The summed E-state index contributed by atoms with van der Waals surface area (Å²) < 4.78 is 12.1. The average molecular weight is 422 g/mol. The molecule has 0 saturated carbocycles. The smallest absolute Gasteiger partial charge is 0.165 e. The summed E-state index contributed by atoms with van der Waals surface area (Å²) in [6, 6.07) is 18.0. The summed E-state index contributed by atoms with van der Waals surface area (Å²) in [7, 11) is 0. The number of para-hydroxylation sites is 2. The van der Waals surface area contributed by atoms with Crippen LogP contribution >= 0.6 is 11.8 Å². The van der Waals surface area contributed by atoms with E-state index in [0.717, 1.165) is 57.5 Å². The molecule has 0 fully saturated rings. The number of hydrogen-bond acceptors (Lipinski definition) is 6. The third-order valence-electron chi connectivity index (χ3n) is 5.40. The zero-order valence-electron chi connectivity index (χ0n) is 16.5. The van der Waals surface area contributed by atoms with Crippen LogP contribution in [0.4, 0.5) is 0 Å². The number of phenols is 1. The molecule has 2 aliphatic rings. The van der Waals surface area contributed by atoms with Crippen LogP contribution in [0.25, 0.3) is 11.1 Å². The van der Waals surface area contributed by atoms with Gasteiger partial charge in [-0.1, -0.05) is 36.0 Å². The van der Waals surface area contributed by atoms with E-state index in [1.807, 2.05) is 30.3 Å². The molecule has 30 heavy (non-hydrogen) atoms. The Hall–Kier alpha value is -2.67. The molecule has 5 rings (SSSR count). The first-order valence-electron chi connectivity index (χ1n) is 10.1. The molecule has 3 aromatic rings. The molecular weight excluding hydrogens is 398 g/mol. The highest BCUT2D eigenvalue weighted by molar-refractivity contribution is 7.99. The number of ether oxygens (including phenoxy) is 2. The highest BCUT2D eigenvalue weighted by Crippen LogP contribution is 2.51. The van der Waals surface area contributed by atoms with Crippen molar-refractivity contribution in [2.24, 2.45) is 0 Å². The van der Waals surface area contributed by atoms with Crippen molar-refractivity contribution in [2.45, 2.75) is 22.8 Å². The molecule has 3 aromatic carbocycles. The van der Waals surface area contributed by atoms with E-state index in [4.69, 9.17) is 14.6 Å². The van der Waals surface area contributed by atoms with Crippen LogP contribution in [0.5, 0.6) is 23.0 Å². The summed E-state index contributed by atoms with van der Waals surface area (Å²) in [6.45, 7) is 2.91. The van der Waals surface area contributed by atoms with Gasteiger partial charge in [0.1, 0.15) is 18.1 Å². The lowest BCUT2D eigenvalue weighted by molar-refractivity contribution is 0.199. The molecule has 0 aromatic heterocycles. The second kappa shape index (κ2) is 8.22. The Morgan fingerprint density at radius 3 is 2.77 bits per heavy atom. The summed E-state index contributed by atoms with van der Waals surface area (Å²) in [5.41, 5.74) is 2.79. The van der Waals surface area contributed by atoms with Crippen molar-refractivity contribution in [3.63, 3.8) is 0 Å². The Morgan fingerprint density at radius 1 is 1.00 bits per heavy atom. The van der Waals surface area contributed by atoms with Crippen molar-refractivity contribution in [3.8, 4) is 34.1 Å². The Labute approximate surface area is 179 Å². The minimum Gasteiger partial charge on any atom is -0.504 e. The lowest BCUT2D eigenvalue weighted by atomic mass is 10.00. The second-order valence-electron chi connectivity index (χ2n) is 7.47. The molecule has 0 saturated heterocycles. The molecule has 0 aliphatic carbocycles. The van der Waals surface area contributed by atoms with Gasteiger partial charge in [0.2, 0.25) is 0 Å². The molecule has 0 unspecified atom stereocenters. The maximum Gasteiger partial charge on any atom is 0.165 e. The van der Waals surface area contributed by atoms with Crippen molar-refractivity contribution in [2.75, 3.05) is 26.3 Å². The number of aliphatic hydroxyl groups excluding tert-OH is 1. The minimum atomic E-state index is 0.146. The lowest BCUT2D eigenvalue weighted by Crippen LogP contribution is -2.27. The highest BCUT2D eigenvalue weighted by Gasteiger charge is 2.24. The van der Waals surface area contributed by atoms with Gasteiger partial charge < -0.3 is 19.7 Å². The first-order valence-corrected chi connectivity index (χ1v) is 10.9. The Bertz CT molecular complexity index is 1080. The number of aromatic hydroxyl groups is 1. The second-order valence-corrected chi connectivity index (χ2v) is 8.55. The Balaban J connectivity index is 1.54. The molecule has 5 nitrogen and oxygen atoms in total. The maximum absolute atomic E-state index is 10.7. The largest absolute Gasteiger partial charge is 0.504 e. The fraction of sp³-hybridized carbons (Fsp3) is 0.250. The van der Waals surface area contributed by atoms with Crippen LogP contribution in [0.1, 0.15) is 12.0 Å². The Morgan fingerprint density at radius 2 is 1.87 bits per heavy atom. The Kier molecular flexibility index (Phi) is 5.29. The van der Waals surface area contributed by atoms with E-state index in [2.05, 4.69) is 23.1 Å². The normalized spacial score (nSPS) is 15.2. The number of rotatable bonds is 4. The molecule has 0 amide bonds. The van der Waals surface area contributed by atoms with Gasteiger partial charge in [0.15, 0.2) is 11.5 Å². The molecule has 0 bridgehead atoms. The predicted octanol–water partition coefficient (Wildman–Crippen LogP) is 4.89. The molecule has 2 aliphatic heterocycles. The number of hydrogen-bond donors (Lipinski definition) is 2. The van der Waals surface area contributed by atoms with Gasteiger partial charge in [-0.25, -0.2) is 0 Å². The van der Waals surface area contributed by atoms with Gasteiger partial charge in [-0.3, -0.25) is 4.90 Å². The van der Waals surface area contributed by atoms with Gasteiger partial charge in [-0.15, -0.1) is 0 Å². The summed E-state index contributed by atoms with van der Waals surface area (Å²) in [5, 5.41) is 19.9. The quantitative estimate of drug-likeness (QED) is 0.489. The van der Waals surface area contributed by atoms with Crippen LogP contribution in [0.3, 0.4) is 0 Å². The van der Waals surface area contributed by atoms with E-state index in [9.17, 15) is 5.11 Å². The third-order valence-corrected chi connectivity index (χ3v) is 6.50. The molecule has 0 atom stereocenters. The lowest BCUT2D eigenvalue weighted by Gasteiger charge is -2.23. The van der Waals surface area contributed by atoms with Crippen LogP contribution in [0.2, 0.25) is 0 Å². The van der Waals surface area contributed by atoms with E-state index in [1.165, 1.54) is 0 Å². The zero-order valence-corrected chi connectivity index (χ0v) is 17.3. The van der Waals surface area contributed by atoms with Crippen LogP contribution in [-0.4, -0.2) is 41.4 Å². The average Bonchev–Trinajstić information content (AvgIpc) is 2.98. The fourth-order valence-corrected chi connectivity index (χ4v) is 4.95. The van der Waals surface area contributed by atoms with Crippen molar-refractivity contribution >= 4 is 11.8 Å². The SMILES string of the molecule is OCCCN1CCOc2c(O)cc(-c3cccc4c3Oc3ccccc3S4)cc2C1. The molecule has 0 spiro atoms. The number of fused-ring (bicyclic) bond motifs is 3. The van der Waals surface area contributed by atoms with Crippen LogP contribution in [-0.2, 0) is 6.54 Å². The third kappa shape index (κ3) is 3.62. The molecule has 6 heteroatoms. The van der Waals surface area contributed by atoms with E-state index in [1.54, 1.807) is 17.8 Å². The molecular formula is C24H23NO4S. The van der Waals surface area contributed by atoms with E-state index in [0.29, 0.717) is 18.9 Å². The van der Waals surface area contributed by atoms with Crippen molar-refractivity contribution in [3.05, 3.63) is 60.2 Å². The van der Waals surface area contributed by atoms with Crippen LogP contribution in [0.15, 0.2) is 64.4 Å². The van der Waals surface area contributed by atoms with Gasteiger partial charge in [0.25, 0.3) is 0 Å². The molecule has 2 heterocycles. The highest BCUT2D eigenvalue weighted by atomic mass is 32.2. The van der Waals surface area contributed by atoms with Crippen molar-refractivity contribution in [1.29, 1.82) is 0 Å². The van der Waals surface area contributed by atoms with Gasteiger partial charge in [-0.2, -0.15) is 0 Å². The maximum atomic E-state index is 10.7. The molecule has 154 valence electrons. The van der Waals surface area contributed by atoms with Gasteiger partial charge >= 0.3 is 0 Å². The monoisotopic (exact) mass is 421 g/mol. The topological polar surface area (TPSA) is 62.2 Å². The summed E-state index contributed by atoms with van der Waals surface area (Å²) in [6.07, 6.45) is 0.720. The summed E-state index contributed by atoms with van der Waals surface area (Å²) >= 11 is 1.69. The molecule has 2 N–H and O–H groups in total. The zero-order chi connectivity index (χ0) is 20.5. The van der Waals surface area contributed by atoms with Gasteiger partial charge in [-0.05, 0) is 42.3 Å². The number of phenolic OH excluding ortho intramolecular Hbond substituents is 1. The van der Waals surface area contributed by atoms with E-state index in [-0.39, 0.29) is 12.4 Å². The van der Waals surface area contributed by atoms with Crippen LogP contribution < -0.4 is 9.47 Å². The van der Waals surface area contributed by atoms with Crippen molar-refractivity contribution in [1.82, 2.24) is 4.90 Å². The van der Waals surface area contributed by atoms with Crippen molar-refractivity contribution < 1.29 is 19.7 Å².